The maximum absolute atomic E-state index is 9.26. The van der Waals surface area contributed by atoms with Gasteiger partial charge in [-0.1, -0.05) is 13.8 Å². The predicted octanol–water partition coefficient (Wildman–Crippen LogP) is 0.639. The summed E-state index contributed by atoms with van der Waals surface area (Å²) in [5, 5.41) is 9.26. The lowest BCUT2D eigenvalue weighted by Crippen LogP contribution is -2.57. The Morgan fingerprint density at radius 2 is 2.00 bits per heavy atom. The molecule has 0 bridgehead atoms. The average molecular weight is 200 g/mol. The van der Waals surface area contributed by atoms with Crippen LogP contribution in [0.2, 0.25) is 0 Å². The number of nitrogens with zero attached hydrogens (tertiary/aromatic N) is 2. The third-order valence-electron chi connectivity index (χ3n) is 3.10. The summed E-state index contributed by atoms with van der Waals surface area (Å²) in [5.41, 5.74) is 0. The summed E-state index contributed by atoms with van der Waals surface area (Å²) in [6, 6.07) is 0.872. The summed E-state index contributed by atoms with van der Waals surface area (Å²) in [4.78, 5) is 4.76. The van der Waals surface area contributed by atoms with E-state index in [2.05, 4.69) is 37.6 Å². The van der Waals surface area contributed by atoms with Gasteiger partial charge in [-0.25, -0.2) is 0 Å². The van der Waals surface area contributed by atoms with Crippen molar-refractivity contribution in [1.29, 1.82) is 0 Å². The van der Waals surface area contributed by atoms with Crippen molar-refractivity contribution in [3.05, 3.63) is 0 Å². The molecule has 0 aliphatic carbocycles. The first kappa shape index (κ1) is 12.0. The van der Waals surface area contributed by atoms with Crippen LogP contribution in [0.1, 0.15) is 20.8 Å². The molecule has 84 valence electrons. The van der Waals surface area contributed by atoms with E-state index in [1.54, 1.807) is 0 Å². The fraction of sp³-hybridized carbons (Fsp3) is 1.00. The van der Waals surface area contributed by atoms with Crippen LogP contribution in [0.25, 0.3) is 0 Å². The number of hydrogen-bond acceptors (Lipinski definition) is 3. The van der Waals surface area contributed by atoms with Crippen molar-refractivity contribution in [2.24, 2.45) is 5.92 Å². The minimum Gasteiger partial charge on any atom is -0.395 e. The number of aliphatic hydroxyl groups excluding tert-OH is 1. The van der Waals surface area contributed by atoms with E-state index >= 15 is 0 Å². The Morgan fingerprint density at radius 1 is 1.36 bits per heavy atom. The molecule has 14 heavy (non-hydrogen) atoms. The highest BCUT2D eigenvalue weighted by Gasteiger charge is 2.28. The number of rotatable bonds is 3. The van der Waals surface area contributed by atoms with Gasteiger partial charge >= 0.3 is 0 Å². The van der Waals surface area contributed by atoms with Gasteiger partial charge in [0.1, 0.15) is 0 Å². The average Bonchev–Trinajstić information content (AvgIpc) is 2.10. The van der Waals surface area contributed by atoms with Crippen molar-refractivity contribution in [3.8, 4) is 0 Å². The molecule has 1 heterocycles. The molecular weight excluding hydrogens is 176 g/mol. The molecule has 1 N–H and O–H groups in total. The van der Waals surface area contributed by atoms with Crippen molar-refractivity contribution >= 4 is 0 Å². The Balaban J connectivity index is 2.49. The largest absolute Gasteiger partial charge is 0.395 e. The standard InChI is InChI=1S/C11H24N2O/c1-9(2)5-13-6-10(3)12(4)11(7-13)8-14/h9-11,14H,5-8H2,1-4H3. The second kappa shape index (κ2) is 5.10. The van der Waals surface area contributed by atoms with Crippen LogP contribution in [0.3, 0.4) is 0 Å². The van der Waals surface area contributed by atoms with E-state index in [-0.39, 0.29) is 6.61 Å². The van der Waals surface area contributed by atoms with E-state index in [1.807, 2.05) is 0 Å². The van der Waals surface area contributed by atoms with Gasteiger partial charge in [0.2, 0.25) is 0 Å². The number of hydrogen-bond donors (Lipinski definition) is 1. The lowest BCUT2D eigenvalue weighted by molar-refractivity contribution is 0.0178. The Morgan fingerprint density at radius 3 is 2.50 bits per heavy atom. The first-order valence-corrected chi connectivity index (χ1v) is 5.59. The molecule has 3 nitrogen and oxygen atoms in total. The van der Waals surface area contributed by atoms with E-state index in [0.717, 1.165) is 19.6 Å². The van der Waals surface area contributed by atoms with Gasteiger partial charge in [0.05, 0.1) is 6.61 Å². The smallest absolute Gasteiger partial charge is 0.0599 e. The van der Waals surface area contributed by atoms with Crippen LogP contribution in [0.5, 0.6) is 0 Å². The van der Waals surface area contributed by atoms with Crippen molar-refractivity contribution in [2.45, 2.75) is 32.9 Å². The topological polar surface area (TPSA) is 26.7 Å². The molecule has 0 spiro atoms. The van der Waals surface area contributed by atoms with Gasteiger partial charge in [0.25, 0.3) is 0 Å². The van der Waals surface area contributed by atoms with Crippen molar-refractivity contribution < 1.29 is 5.11 Å². The van der Waals surface area contributed by atoms with E-state index in [4.69, 9.17) is 0 Å². The molecule has 0 aromatic carbocycles. The Labute approximate surface area is 87.7 Å². The van der Waals surface area contributed by atoms with Crippen molar-refractivity contribution in [2.75, 3.05) is 33.3 Å². The summed E-state index contributed by atoms with van der Waals surface area (Å²) in [5.74, 6) is 0.713. The lowest BCUT2D eigenvalue weighted by Gasteiger charge is -2.43. The molecule has 3 heteroatoms. The van der Waals surface area contributed by atoms with Crippen LogP contribution in [-0.2, 0) is 0 Å². The highest BCUT2D eigenvalue weighted by atomic mass is 16.3. The minimum absolute atomic E-state index is 0.273. The normalized spacial score (nSPS) is 31.3. The van der Waals surface area contributed by atoms with E-state index in [9.17, 15) is 5.11 Å². The van der Waals surface area contributed by atoms with Gasteiger partial charge in [0, 0.05) is 31.7 Å². The number of aliphatic hydroxyl groups is 1. The van der Waals surface area contributed by atoms with Gasteiger partial charge in [-0.05, 0) is 19.9 Å². The molecule has 0 aromatic heterocycles. The van der Waals surface area contributed by atoms with E-state index in [0.29, 0.717) is 18.0 Å². The van der Waals surface area contributed by atoms with Crippen LogP contribution in [0, 0.1) is 5.92 Å². The van der Waals surface area contributed by atoms with Crippen molar-refractivity contribution in [1.82, 2.24) is 9.80 Å². The molecule has 2 atom stereocenters. The van der Waals surface area contributed by atoms with Crippen LogP contribution >= 0.6 is 0 Å². The van der Waals surface area contributed by atoms with E-state index in [1.165, 1.54) is 0 Å². The van der Waals surface area contributed by atoms with Crippen LogP contribution in [-0.4, -0.2) is 60.3 Å². The Hall–Kier alpha value is -0.120. The molecule has 2 unspecified atom stereocenters. The van der Waals surface area contributed by atoms with Gasteiger partial charge in [0.15, 0.2) is 0 Å². The highest BCUT2D eigenvalue weighted by molar-refractivity contribution is 4.84. The maximum atomic E-state index is 9.26. The first-order chi connectivity index (χ1) is 6.54. The fourth-order valence-corrected chi connectivity index (χ4v) is 2.22. The number of piperazine rings is 1. The van der Waals surface area contributed by atoms with Gasteiger partial charge in [-0.3, -0.25) is 9.80 Å². The first-order valence-electron chi connectivity index (χ1n) is 5.59. The third-order valence-corrected chi connectivity index (χ3v) is 3.10. The monoisotopic (exact) mass is 200 g/mol. The zero-order chi connectivity index (χ0) is 10.7. The summed E-state index contributed by atoms with van der Waals surface area (Å²) in [6.07, 6.45) is 0. The number of likely N-dealkylation sites (N-methyl/N-ethyl adjacent to an activating group) is 1. The second-order valence-electron chi connectivity index (χ2n) is 4.96. The summed E-state index contributed by atoms with van der Waals surface area (Å²) in [6.45, 7) is 10.3. The van der Waals surface area contributed by atoms with Gasteiger partial charge in [-0.2, -0.15) is 0 Å². The van der Waals surface area contributed by atoms with Crippen LogP contribution in [0.4, 0.5) is 0 Å². The minimum atomic E-state index is 0.273. The fourth-order valence-electron chi connectivity index (χ4n) is 2.22. The third kappa shape index (κ3) is 2.94. The zero-order valence-corrected chi connectivity index (χ0v) is 9.90. The Kier molecular flexibility index (Phi) is 4.35. The SMILES string of the molecule is CC(C)CN1CC(C)N(C)C(CO)C1. The molecule has 1 rings (SSSR count). The van der Waals surface area contributed by atoms with Crippen LogP contribution < -0.4 is 0 Å². The molecule has 1 fully saturated rings. The molecule has 0 aromatic rings. The second-order valence-corrected chi connectivity index (χ2v) is 4.96. The predicted molar refractivity (Wildman–Crippen MR) is 59.4 cm³/mol. The summed E-state index contributed by atoms with van der Waals surface area (Å²) < 4.78 is 0. The molecule has 0 amide bonds. The highest BCUT2D eigenvalue weighted by Crippen LogP contribution is 2.14. The summed E-state index contributed by atoms with van der Waals surface area (Å²) in [7, 11) is 2.11. The zero-order valence-electron chi connectivity index (χ0n) is 9.90. The molecule has 0 saturated carbocycles. The van der Waals surface area contributed by atoms with Gasteiger partial charge in [-0.15, -0.1) is 0 Å². The molecule has 1 aliphatic heterocycles. The Bertz CT molecular complexity index is 173. The quantitative estimate of drug-likeness (QED) is 0.724. The molecule has 1 saturated heterocycles. The van der Waals surface area contributed by atoms with Crippen LogP contribution in [0.15, 0.2) is 0 Å². The molecule has 0 radical (unpaired) electrons. The van der Waals surface area contributed by atoms with Gasteiger partial charge < -0.3 is 5.11 Å². The van der Waals surface area contributed by atoms with E-state index < -0.39 is 0 Å². The molecule has 1 aliphatic rings. The summed E-state index contributed by atoms with van der Waals surface area (Å²) >= 11 is 0. The molecular formula is C11H24N2O. The van der Waals surface area contributed by atoms with Crippen molar-refractivity contribution in [3.63, 3.8) is 0 Å². The maximum Gasteiger partial charge on any atom is 0.0599 e. The lowest BCUT2D eigenvalue weighted by atomic mass is 10.1.